The van der Waals surface area contributed by atoms with Crippen LogP contribution in [0.25, 0.3) is 0 Å². The number of H-pyrrole nitrogens is 1. The number of rotatable bonds is 49. The van der Waals surface area contributed by atoms with Crippen LogP contribution in [0.1, 0.15) is 153 Å². The first-order chi connectivity index (χ1) is 32.0. The summed E-state index contributed by atoms with van der Waals surface area (Å²) in [6, 6.07) is -1.36. The first-order valence-electron chi connectivity index (χ1n) is 24.4. The van der Waals surface area contributed by atoms with Gasteiger partial charge >= 0.3 is 5.97 Å². The molecule has 8 N–H and O–H groups in total. The number of hydrogen-bond acceptors (Lipinski definition) is 14. The third-order valence-corrected chi connectivity index (χ3v) is 10.8. The first-order valence-corrected chi connectivity index (χ1v) is 24.4. The van der Waals surface area contributed by atoms with Crippen molar-refractivity contribution < 1.29 is 57.9 Å². The number of carboxylic acid groups (broad SMARTS) is 1. The van der Waals surface area contributed by atoms with Gasteiger partial charge in [0.2, 0.25) is 11.8 Å². The Morgan fingerprint density at radius 2 is 1.14 bits per heavy atom. The predicted molar refractivity (Wildman–Crippen MR) is 252 cm³/mol. The third kappa shape index (κ3) is 38.1. The molecule has 0 radical (unpaired) electrons. The molecule has 1 heterocycles. The van der Waals surface area contributed by atoms with E-state index in [1.54, 1.807) is 6.20 Å². The second-order valence-electron chi connectivity index (χ2n) is 16.8. The van der Waals surface area contributed by atoms with Gasteiger partial charge in [-0.2, -0.15) is 0 Å². The number of amides is 2. The Balaban J connectivity index is 1.91. The summed E-state index contributed by atoms with van der Waals surface area (Å²) < 4.78 is 21.7. The zero-order valence-electron chi connectivity index (χ0n) is 39.8. The van der Waals surface area contributed by atoms with Gasteiger partial charge in [0, 0.05) is 70.1 Å². The molecule has 2 atom stereocenters. The van der Waals surface area contributed by atoms with E-state index in [0.717, 1.165) is 37.8 Å². The Bertz CT molecular complexity index is 1450. The average molecular weight is 937 g/mol. The number of nitrogens with two attached hydrogens (primary N) is 1. The highest BCUT2D eigenvalue weighted by Gasteiger charge is 2.21. The van der Waals surface area contributed by atoms with Gasteiger partial charge in [0.15, 0.2) is 5.78 Å². The lowest BCUT2D eigenvalue weighted by atomic mass is 10.0. The fraction of sp³-hybridized carbons (Fsp3) is 0.771. The van der Waals surface area contributed by atoms with Crippen molar-refractivity contribution in [2.45, 2.75) is 166 Å². The van der Waals surface area contributed by atoms with E-state index >= 15 is 0 Å². The molecule has 0 aliphatic rings. The summed E-state index contributed by atoms with van der Waals surface area (Å²) in [5, 5.41) is 26.6. The van der Waals surface area contributed by atoms with Crippen LogP contribution in [0.5, 0.6) is 0 Å². The summed E-state index contributed by atoms with van der Waals surface area (Å²) in [6.07, 6.45) is 23.7. The summed E-state index contributed by atoms with van der Waals surface area (Å²) in [7, 11) is 0. The van der Waals surface area contributed by atoms with E-state index < -0.39 is 18.1 Å². The van der Waals surface area contributed by atoms with Crippen LogP contribution >= 0.6 is 0 Å². The van der Waals surface area contributed by atoms with Gasteiger partial charge in [-0.15, -0.1) is 0 Å². The molecule has 18 heteroatoms. The maximum Gasteiger partial charge on any atom is 0.303 e. The first kappa shape index (κ1) is 59.9. The molecular weight excluding hydrogens is 853 g/mol. The summed E-state index contributed by atoms with van der Waals surface area (Å²) in [5.41, 5.74) is 6.77. The molecule has 1 aromatic heterocycles. The molecule has 18 nitrogen and oxygen atoms in total. The number of nitrogens with zero attached hydrogens (tertiary/aromatic N) is 1. The van der Waals surface area contributed by atoms with Gasteiger partial charge < -0.3 is 55.8 Å². The smallest absolute Gasteiger partial charge is 0.303 e. The van der Waals surface area contributed by atoms with Crippen molar-refractivity contribution in [1.82, 2.24) is 25.9 Å². The molecule has 0 fully saturated rings. The van der Waals surface area contributed by atoms with Gasteiger partial charge in [-0.1, -0.05) is 83.6 Å². The molecule has 0 aromatic carbocycles. The minimum absolute atomic E-state index is 0.0784. The number of aromatic nitrogens is 2. The molecule has 0 saturated carbocycles. The Kier molecular flexibility index (Phi) is 38.4. The van der Waals surface area contributed by atoms with Crippen molar-refractivity contribution in [3.8, 4) is 0 Å². The third-order valence-electron chi connectivity index (χ3n) is 10.8. The SMILES string of the molecule is C=C(O)CCC(=O)[C@H](CCCCNC(=O)COCCOCCNC(=O)COCCOCCCC(=O)CCCCCCCCCCCCCCCCC(=O)O)NCC(=O)[C@@H](N)Cc1cnc[nH]1. The van der Waals surface area contributed by atoms with E-state index in [9.17, 15) is 33.9 Å². The van der Waals surface area contributed by atoms with Gasteiger partial charge in [0.25, 0.3) is 0 Å². The van der Waals surface area contributed by atoms with Crippen LogP contribution in [0.3, 0.4) is 0 Å². The van der Waals surface area contributed by atoms with E-state index in [1.165, 1.54) is 64.1 Å². The molecule has 0 spiro atoms. The maximum absolute atomic E-state index is 12.8. The summed E-state index contributed by atoms with van der Waals surface area (Å²) >= 11 is 0. The lowest BCUT2D eigenvalue weighted by Gasteiger charge is -2.19. The number of aliphatic hydroxyl groups excluding tert-OH is 1. The van der Waals surface area contributed by atoms with Crippen LogP contribution in [0.4, 0.5) is 0 Å². The fourth-order valence-corrected chi connectivity index (χ4v) is 6.97. The van der Waals surface area contributed by atoms with Crippen LogP contribution in [0, 0.1) is 0 Å². The molecule has 1 aromatic rings. The largest absolute Gasteiger partial charge is 0.513 e. The van der Waals surface area contributed by atoms with Gasteiger partial charge in [-0.05, 0) is 38.5 Å². The van der Waals surface area contributed by atoms with Crippen LogP contribution in [0.15, 0.2) is 24.9 Å². The molecule has 0 saturated heterocycles. The Labute approximate surface area is 393 Å². The number of hydrogen-bond donors (Lipinski definition) is 7. The number of ketones is 3. The number of unbranched alkanes of at least 4 members (excludes halogenated alkanes) is 14. The number of allylic oxidation sites excluding steroid dienone is 1. The highest BCUT2D eigenvalue weighted by Crippen LogP contribution is 2.14. The summed E-state index contributed by atoms with van der Waals surface area (Å²) in [4.78, 5) is 79.0. The molecule has 2 amide bonds. The van der Waals surface area contributed by atoms with Crippen molar-refractivity contribution in [2.24, 2.45) is 5.73 Å². The minimum Gasteiger partial charge on any atom is -0.513 e. The van der Waals surface area contributed by atoms with Gasteiger partial charge in [-0.3, -0.25) is 28.8 Å². The van der Waals surface area contributed by atoms with Crippen molar-refractivity contribution >= 4 is 35.1 Å². The van der Waals surface area contributed by atoms with E-state index in [4.69, 9.17) is 29.8 Å². The average Bonchev–Trinajstić information content (AvgIpc) is 3.80. The number of aromatic amines is 1. The highest BCUT2D eigenvalue weighted by atomic mass is 16.5. The van der Waals surface area contributed by atoms with E-state index in [0.29, 0.717) is 77.7 Å². The van der Waals surface area contributed by atoms with E-state index in [2.05, 4.69) is 32.5 Å². The molecular formula is C48H84N6O12. The van der Waals surface area contributed by atoms with Crippen molar-refractivity contribution in [3.05, 3.63) is 30.6 Å². The van der Waals surface area contributed by atoms with Crippen molar-refractivity contribution in [3.63, 3.8) is 0 Å². The zero-order valence-corrected chi connectivity index (χ0v) is 39.8. The number of aliphatic carboxylic acids is 1. The molecule has 1 rings (SSSR count). The second-order valence-corrected chi connectivity index (χ2v) is 16.8. The van der Waals surface area contributed by atoms with Gasteiger partial charge in [0.05, 0.1) is 63.7 Å². The lowest BCUT2D eigenvalue weighted by molar-refractivity contribution is -0.137. The van der Waals surface area contributed by atoms with Crippen LogP contribution in [-0.2, 0) is 54.1 Å². The molecule has 0 unspecified atom stereocenters. The molecule has 0 aliphatic carbocycles. The Morgan fingerprint density at radius 1 is 0.606 bits per heavy atom. The molecule has 66 heavy (non-hydrogen) atoms. The number of imidazole rings is 1. The number of ether oxygens (including phenoxy) is 4. The van der Waals surface area contributed by atoms with Gasteiger partial charge in [-0.25, -0.2) is 4.98 Å². The summed E-state index contributed by atoms with van der Waals surface area (Å²) in [6.45, 7) is 5.60. The standard InChI is InChI=1S/C48H84N6O12/c1-39(55)23-24-44(57)43(53-35-45(58)42(49)33-40-34-50-38-54-40)21-16-17-25-51-46(59)36-66-32-30-64-28-26-52-47(60)37-65-31-29-63-27-18-20-41(56)19-14-12-10-8-6-4-2-3-5-7-9-11-13-15-22-48(61)62/h34,38,42-43,53,55H,1-33,35-37,49H2,(H,50,54)(H,51,59)(H,52,60)(H,61,62)/t42-,43-/m0/s1. The number of Topliss-reactive ketones (excluding diaryl/α,β-unsaturated/α-hetero) is 3. The number of nitrogens with one attached hydrogen (secondary N) is 4. The van der Waals surface area contributed by atoms with E-state index in [1.807, 2.05) is 0 Å². The highest BCUT2D eigenvalue weighted by molar-refractivity contribution is 5.88. The zero-order chi connectivity index (χ0) is 48.3. The predicted octanol–water partition coefficient (Wildman–Crippen LogP) is 5.37. The second kappa shape index (κ2) is 42.3. The summed E-state index contributed by atoms with van der Waals surface area (Å²) in [5.74, 6) is -1.45. The lowest BCUT2D eigenvalue weighted by Crippen LogP contribution is -2.45. The van der Waals surface area contributed by atoms with Crippen LogP contribution in [0.2, 0.25) is 0 Å². The Morgan fingerprint density at radius 3 is 1.70 bits per heavy atom. The fourth-order valence-electron chi connectivity index (χ4n) is 6.97. The van der Waals surface area contributed by atoms with Crippen LogP contribution in [-0.4, -0.2) is 140 Å². The molecule has 378 valence electrons. The quantitative estimate of drug-likeness (QED) is 0.0320. The topological polar surface area (TPSA) is 271 Å². The minimum atomic E-state index is -0.754. The molecule has 0 bridgehead atoms. The van der Waals surface area contributed by atoms with Crippen LogP contribution < -0.4 is 21.7 Å². The Hall–Kier alpha value is -4.07. The van der Waals surface area contributed by atoms with E-state index in [-0.39, 0.29) is 94.0 Å². The number of aliphatic hydroxyl groups is 1. The number of carboxylic acids is 1. The monoisotopic (exact) mass is 937 g/mol. The van der Waals surface area contributed by atoms with Crippen molar-refractivity contribution in [1.29, 1.82) is 0 Å². The normalized spacial score (nSPS) is 12.1. The number of carbonyl (C=O) groups excluding carboxylic acids is 5. The van der Waals surface area contributed by atoms with Gasteiger partial charge in [0.1, 0.15) is 24.8 Å². The maximum atomic E-state index is 12.8. The van der Waals surface area contributed by atoms with Crippen molar-refractivity contribution in [2.75, 3.05) is 72.5 Å². The number of carbonyl (C=O) groups is 6. The molecule has 0 aliphatic heterocycles.